The predicted molar refractivity (Wildman–Crippen MR) is 109 cm³/mol. The number of hydrogen-bond acceptors (Lipinski definition) is 6. The highest BCUT2D eigenvalue weighted by molar-refractivity contribution is 7.12. The number of rotatable bonds is 5. The number of aryl methyl sites for hydroxylation is 1. The lowest BCUT2D eigenvalue weighted by molar-refractivity contribution is -0.0724. The summed E-state index contributed by atoms with van der Waals surface area (Å²) in [5, 5.41) is 12.1. The van der Waals surface area contributed by atoms with Gasteiger partial charge < -0.3 is 10.0 Å². The van der Waals surface area contributed by atoms with Crippen molar-refractivity contribution in [3.05, 3.63) is 38.5 Å². The highest BCUT2D eigenvalue weighted by Gasteiger charge is 2.48. The van der Waals surface area contributed by atoms with Crippen LogP contribution in [0.3, 0.4) is 0 Å². The zero-order valence-corrected chi connectivity index (χ0v) is 17.4. The smallest absolute Gasteiger partial charge is 0.273 e. The van der Waals surface area contributed by atoms with Gasteiger partial charge in [0.15, 0.2) is 0 Å². The third-order valence-electron chi connectivity index (χ3n) is 6.22. The Kier molecular flexibility index (Phi) is 5.64. The van der Waals surface area contributed by atoms with Crippen molar-refractivity contribution in [2.45, 2.75) is 45.2 Å². The van der Waals surface area contributed by atoms with Crippen LogP contribution in [0.2, 0.25) is 0 Å². The Morgan fingerprint density at radius 2 is 2.19 bits per heavy atom. The fourth-order valence-electron chi connectivity index (χ4n) is 4.62. The van der Waals surface area contributed by atoms with Crippen molar-refractivity contribution in [2.24, 2.45) is 5.41 Å². The fraction of sp³-hybridized carbons (Fsp3) is 0.600. The van der Waals surface area contributed by atoms with Crippen LogP contribution >= 0.6 is 22.7 Å². The quantitative estimate of drug-likeness (QED) is 0.830. The molecule has 0 unspecified atom stereocenters. The monoisotopic (exact) mass is 405 g/mol. The summed E-state index contributed by atoms with van der Waals surface area (Å²) in [5.41, 5.74) is 2.18. The zero-order chi connectivity index (χ0) is 18.9. The molecule has 2 fully saturated rings. The Balaban J connectivity index is 1.54. The van der Waals surface area contributed by atoms with E-state index < -0.39 is 0 Å². The standard InChI is InChI=1S/C20H27N3O2S2/c1-2-15-4-5-16(27-15)10-22-8-3-6-20(13-24)7-9-23(11-18(20)22)19(25)17-12-26-14-21-17/h4-5,12,14,18,24H,2-3,6-11,13H2,1H3/t18-,20-/m0/s1. The first-order chi connectivity index (χ1) is 13.1. The van der Waals surface area contributed by atoms with Crippen LogP contribution in [0, 0.1) is 5.41 Å². The average Bonchev–Trinajstić information content (AvgIpc) is 3.39. The van der Waals surface area contributed by atoms with Gasteiger partial charge in [0.25, 0.3) is 5.91 Å². The minimum Gasteiger partial charge on any atom is -0.396 e. The van der Waals surface area contributed by atoms with Crippen LogP contribution in [0.25, 0.3) is 0 Å². The Bertz CT molecular complexity index is 776. The number of carbonyl (C=O) groups is 1. The molecule has 2 saturated heterocycles. The van der Waals surface area contributed by atoms with Gasteiger partial charge in [0.2, 0.25) is 0 Å². The summed E-state index contributed by atoms with van der Waals surface area (Å²) >= 11 is 3.34. The minimum absolute atomic E-state index is 0.0257. The van der Waals surface area contributed by atoms with E-state index in [0.29, 0.717) is 18.8 Å². The highest BCUT2D eigenvalue weighted by Crippen LogP contribution is 2.43. The first-order valence-corrected chi connectivity index (χ1v) is 11.5. The second-order valence-electron chi connectivity index (χ2n) is 7.71. The van der Waals surface area contributed by atoms with Gasteiger partial charge >= 0.3 is 0 Å². The highest BCUT2D eigenvalue weighted by atomic mass is 32.1. The van der Waals surface area contributed by atoms with E-state index in [0.717, 1.165) is 38.8 Å². The first kappa shape index (κ1) is 19.1. The van der Waals surface area contributed by atoms with Gasteiger partial charge in [-0.1, -0.05) is 6.92 Å². The molecule has 0 saturated carbocycles. The van der Waals surface area contributed by atoms with Gasteiger partial charge in [-0.15, -0.1) is 22.7 Å². The van der Waals surface area contributed by atoms with Gasteiger partial charge in [-0.25, -0.2) is 4.98 Å². The maximum absolute atomic E-state index is 12.8. The van der Waals surface area contributed by atoms with Gasteiger partial charge in [0.05, 0.1) is 12.1 Å². The third kappa shape index (κ3) is 3.70. The molecule has 5 nitrogen and oxygen atoms in total. The number of carbonyl (C=O) groups excluding carboxylic acids is 1. The molecule has 0 bridgehead atoms. The number of likely N-dealkylation sites (tertiary alicyclic amines) is 2. The summed E-state index contributed by atoms with van der Waals surface area (Å²) in [6.07, 6.45) is 4.10. The number of nitrogens with zero attached hydrogens (tertiary/aromatic N) is 3. The van der Waals surface area contributed by atoms with Crippen LogP contribution in [0.1, 0.15) is 46.4 Å². The van der Waals surface area contributed by atoms with Gasteiger partial charge in [0, 0.05) is 46.2 Å². The number of amides is 1. The van der Waals surface area contributed by atoms with Crippen LogP contribution < -0.4 is 0 Å². The number of thiophene rings is 1. The molecule has 2 atom stereocenters. The predicted octanol–water partition coefficient (Wildman–Crippen LogP) is 3.26. The molecule has 27 heavy (non-hydrogen) atoms. The van der Waals surface area contributed by atoms with Gasteiger partial charge in [0.1, 0.15) is 5.69 Å². The lowest BCUT2D eigenvalue weighted by Gasteiger charge is -2.54. The van der Waals surface area contributed by atoms with Gasteiger partial charge in [-0.3, -0.25) is 9.69 Å². The molecular formula is C20H27N3O2S2. The van der Waals surface area contributed by atoms with Gasteiger partial charge in [-0.05, 0) is 44.4 Å². The van der Waals surface area contributed by atoms with Gasteiger partial charge in [-0.2, -0.15) is 0 Å². The Morgan fingerprint density at radius 1 is 1.33 bits per heavy atom. The number of thiazole rings is 1. The van der Waals surface area contributed by atoms with E-state index in [9.17, 15) is 9.90 Å². The maximum atomic E-state index is 12.8. The number of fused-ring (bicyclic) bond motifs is 1. The number of hydrogen-bond donors (Lipinski definition) is 1. The molecule has 0 radical (unpaired) electrons. The molecule has 0 aliphatic carbocycles. The Morgan fingerprint density at radius 3 is 2.89 bits per heavy atom. The summed E-state index contributed by atoms with van der Waals surface area (Å²) in [6.45, 7) is 5.73. The zero-order valence-electron chi connectivity index (χ0n) is 15.8. The van der Waals surface area contributed by atoms with Crippen molar-refractivity contribution < 1.29 is 9.90 Å². The van der Waals surface area contributed by atoms with E-state index in [2.05, 4.69) is 28.9 Å². The number of piperidine rings is 2. The largest absolute Gasteiger partial charge is 0.396 e. The summed E-state index contributed by atoms with van der Waals surface area (Å²) in [5.74, 6) is 0.0257. The molecule has 7 heteroatoms. The second-order valence-corrected chi connectivity index (χ2v) is 9.68. The van der Waals surface area contributed by atoms with Crippen molar-refractivity contribution in [3.8, 4) is 0 Å². The number of aliphatic hydroxyl groups excluding tert-OH is 1. The van der Waals surface area contributed by atoms with Crippen LogP contribution in [0.4, 0.5) is 0 Å². The lowest BCUT2D eigenvalue weighted by atomic mass is 9.69. The number of aliphatic hydroxyl groups is 1. The molecule has 2 aliphatic rings. The van der Waals surface area contributed by atoms with E-state index in [1.807, 2.05) is 21.6 Å². The Hall–Kier alpha value is -1.28. The summed E-state index contributed by atoms with van der Waals surface area (Å²) in [6, 6.07) is 4.67. The van der Waals surface area contributed by atoms with Crippen molar-refractivity contribution in [2.75, 3.05) is 26.2 Å². The number of aromatic nitrogens is 1. The molecular weight excluding hydrogens is 378 g/mol. The van der Waals surface area contributed by atoms with Crippen LogP contribution in [-0.4, -0.2) is 58.1 Å². The van der Waals surface area contributed by atoms with Crippen molar-refractivity contribution in [3.63, 3.8) is 0 Å². The summed E-state index contributed by atoms with van der Waals surface area (Å²) in [7, 11) is 0. The van der Waals surface area contributed by atoms with Crippen LogP contribution in [-0.2, 0) is 13.0 Å². The molecule has 2 aliphatic heterocycles. The van der Waals surface area contributed by atoms with Crippen molar-refractivity contribution in [1.29, 1.82) is 0 Å². The van der Waals surface area contributed by atoms with Crippen molar-refractivity contribution in [1.82, 2.24) is 14.8 Å². The fourth-order valence-corrected chi connectivity index (χ4v) is 6.13. The maximum Gasteiger partial charge on any atom is 0.273 e. The first-order valence-electron chi connectivity index (χ1n) is 9.75. The molecule has 0 spiro atoms. The van der Waals surface area contributed by atoms with Crippen LogP contribution in [0.5, 0.6) is 0 Å². The molecule has 146 valence electrons. The van der Waals surface area contributed by atoms with E-state index >= 15 is 0 Å². The van der Waals surface area contributed by atoms with Crippen LogP contribution in [0.15, 0.2) is 23.0 Å². The Labute approximate surface area is 168 Å². The normalized spacial score (nSPS) is 26.1. The molecule has 0 aromatic carbocycles. The summed E-state index contributed by atoms with van der Waals surface area (Å²) < 4.78 is 0. The minimum atomic E-state index is -0.0814. The van der Waals surface area contributed by atoms with E-state index in [1.165, 1.54) is 21.1 Å². The SMILES string of the molecule is CCc1ccc(CN2CCC[C@@]3(CO)CCN(C(=O)c4cscn4)C[C@H]23)s1. The van der Waals surface area contributed by atoms with Crippen molar-refractivity contribution >= 4 is 28.6 Å². The molecule has 4 heterocycles. The van der Waals surface area contributed by atoms with E-state index in [4.69, 9.17) is 0 Å². The molecule has 4 rings (SSSR count). The van der Waals surface area contributed by atoms with E-state index in [-0.39, 0.29) is 24.0 Å². The lowest BCUT2D eigenvalue weighted by Crippen LogP contribution is -2.63. The second kappa shape index (κ2) is 7.99. The average molecular weight is 406 g/mol. The molecule has 2 aromatic rings. The molecule has 2 aromatic heterocycles. The van der Waals surface area contributed by atoms with E-state index in [1.54, 1.807) is 5.51 Å². The topological polar surface area (TPSA) is 56.7 Å². The summed E-state index contributed by atoms with van der Waals surface area (Å²) in [4.78, 5) is 24.3. The third-order valence-corrected chi connectivity index (χ3v) is 8.02. The molecule has 1 amide bonds. The molecule has 1 N–H and O–H groups in total.